The Morgan fingerprint density at radius 1 is 1.16 bits per heavy atom. The zero-order chi connectivity index (χ0) is 22.6. The third kappa shape index (κ3) is 5.22. The van der Waals surface area contributed by atoms with Gasteiger partial charge >= 0.3 is 0 Å². The Labute approximate surface area is 189 Å². The lowest BCUT2D eigenvalue weighted by Crippen LogP contribution is -2.35. The topological polar surface area (TPSA) is 75.7 Å². The Morgan fingerprint density at radius 3 is 2.48 bits per heavy atom. The number of hydrogen-bond acceptors (Lipinski definition) is 4. The number of aryl methyl sites for hydroxylation is 1. The van der Waals surface area contributed by atoms with Gasteiger partial charge in [0, 0.05) is 13.1 Å². The van der Waals surface area contributed by atoms with Crippen LogP contribution in [0, 0.1) is 6.92 Å². The molecule has 0 radical (unpaired) electrons. The molecule has 2 aromatic carbocycles. The molecule has 2 aromatic rings. The maximum atomic E-state index is 13.0. The second kappa shape index (κ2) is 10.0. The van der Waals surface area contributed by atoms with Crippen molar-refractivity contribution in [1.29, 1.82) is 0 Å². The summed E-state index contributed by atoms with van der Waals surface area (Å²) in [6, 6.07) is 9.85. The van der Waals surface area contributed by atoms with Gasteiger partial charge in [0.05, 0.1) is 28.6 Å². The molecule has 0 spiro atoms. The summed E-state index contributed by atoms with van der Waals surface area (Å²) in [5, 5.41) is 3.21. The predicted octanol–water partition coefficient (Wildman–Crippen LogP) is 4.71. The number of benzene rings is 2. The van der Waals surface area contributed by atoms with Crippen molar-refractivity contribution in [3.63, 3.8) is 0 Å². The fraction of sp³-hybridized carbons (Fsp3) is 0.435. The molecule has 1 aliphatic rings. The maximum absolute atomic E-state index is 13.0. The van der Waals surface area contributed by atoms with E-state index in [1.807, 2.05) is 32.0 Å². The standard InChI is InChI=1S/C23H29ClN2O4S/c1-4-21(17-8-11-22(30-3)16(2)14-17)25-23(27)19-15-18(9-10-20(19)24)31(28,29)26-12-6-5-7-13-26/h8-11,14-15,21H,4-7,12-13H2,1-3H3,(H,25,27). The van der Waals surface area contributed by atoms with Gasteiger partial charge in [0.25, 0.3) is 5.91 Å². The molecule has 1 saturated heterocycles. The normalized spacial score (nSPS) is 16.0. The minimum atomic E-state index is -3.65. The highest BCUT2D eigenvalue weighted by Gasteiger charge is 2.27. The van der Waals surface area contributed by atoms with Crippen LogP contribution in [0.5, 0.6) is 5.75 Å². The molecule has 1 atom stereocenters. The number of halogens is 1. The first-order chi connectivity index (χ1) is 14.8. The first-order valence-electron chi connectivity index (χ1n) is 10.5. The van der Waals surface area contributed by atoms with E-state index in [1.165, 1.54) is 22.5 Å². The number of rotatable bonds is 7. The third-order valence-corrected chi connectivity index (χ3v) is 7.89. The van der Waals surface area contributed by atoms with E-state index in [4.69, 9.17) is 16.3 Å². The first kappa shape index (κ1) is 23.6. The van der Waals surface area contributed by atoms with Crippen molar-refractivity contribution < 1.29 is 17.9 Å². The van der Waals surface area contributed by atoms with Crippen LogP contribution in [-0.2, 0) is 10.0 Å². The quantitative estimate of drug-likeness (QED) is 0.643. The van der Waals surface area contributed by atoms with Crippen LogP contribution in [0.15, 0.2) is 41.3 Å². The molecule has 0 bridgehead atoms. The number of nitrogens with one attached hydrogen (secondary N) is 1. The number of methoxy groups -OCH3 is 1. The van der Waals surface area contributed by atoms with Crippen LogP contribution in [0.1, 0.15) is 60.1 Å². The van der Waals surface area contributed by atoms with E-state index in [2.05, 4.69) is 5.32 Å². The number of piperidine rings is 1. The molecule has 1 heterocycles. The molecule has 31 heavy (non-hydrogen) atoms. The average molecular weight is 465 g/mol. The Hall–Kier alpha value is -2.09. The number of hydrogen-bond donors (Lipinski definition) is 1. The zero-order valence-electron chi connectivity index (χ0n) is 18.2. The Bertz CT molecular complexity index is 1050. The van der Waals surface area contributed by atoms with Crippen LogP contribution in [0.3, 0.4) is 0 Å². The molecule has 0 aromatic heterocycles. The molecule has 0 saturated carbocycles. The van der Waals surface area contributed by atoms with E-state index in [9.17, 15) is 13.2 Å². The highest BCUT2D eigenvalue weighted by atomic mass is 35.5. The van der Waals surface area contributed by atoms with Crippen molar-refractivity contribution in [3.05, 3.63) is 58.1 Å². The molecule has 1 fully saturated rings. The number of sulfonamides is 1. The monoisotopic (exact) mass is 464 g/mol. The maximum Gasteiger partial charge on any atom is 0.253 e. The van der Waals surface area contributed by atoms with Gasteiger partial charge in [-0.25, -0.2) is 8.42 Å². The Kier molecular flexibility index (Phi) is 7.62. The lowest BCUT2D eigenvalue weighted by molar-refractivity contribution is 0.0935. The number of carbonyl (C=O) groups excluding carboxylic acids is 1. The molecule has 6 nitrogen and oxygen atoms in total. The van der Waals surface area contributed by atoms with Gasteiger partial charge in [0.15, 0.2) is 0 Å². The molecule has 1 amide bonds. The summed E-state index contributed by atoms with van der Waals surface area (Å²) in [6.45, 7) is 4.93. The molecular formula is C23H29ClN2O4S. The summed E-state index contributed by atoms with van der Waals surface area (Å²) in [6.07, 6.45) is 3.39. The summed E-state index contributed by atoms with van der Waals surface area (Å²) in [7, 11) is -2.03. The second-order valence-electron chi connectivity index (χ2n) is 7.77. The van der Waals surface area contributed by atoms with Gasteiger partial charge in [0.1, 0.15) is 5.75 Å². The van der Waals surface area contributed by atoms with Gasteiger partial charge in [0.2, 0.25) is 10.0 Å². The van der Waals surface area contributed by atoms with Crippen LogP contribution in [0.2, 0.25) is 5.02 Å². The van der Waals surface area contributed by atoms with Crippen molar-refractivity contribution in [2.24, 2.45) is 0 Å². The van der Waals surface area contributed by atoms with E-state index in [-0.39, 0.29) is 21.5 Å². The number of carbonyl (C=O) groups is 1. The summed E-state index contributed by atoms with van der Waals surface area (Å²) in [5.74, 6) is 0.379. The Morgan fingerprint density at radius 2 is 1.87 bits per heavy atom. The van der Waals surface area contributed by atoms with E-state index in [1.54, 1.807) is 7.11 Å². The van der Waals surface area contributed by atoms with Gasteiger partial charge < -0.3 is 10.1 Å². The highest BCUT2D eigenvalue weighted by molar-refractivity contribution is 7.89. The van der Waals surface area contributed by atoms with Crippen LogP contribution < -0.4 is 10.1 Å². The van der Waals surface area contributed by atoms with Crippen molar-refractivity contribution in [2.75, 3.05) is 20.2 Å². The molecule has 3 rings (SSSR count). The van der Waals surface area contributed by atoms with E-state index in [0.717, 1.165) is 36.1 Å². The molecule has 0 aliphatic carbocycles. The molecule has 168 valence electrons. The van der Waals surface area contributed by atoms with Crippen molar-refractivity contribution in [1.82, 2.24) is 9.62 Å². The largest absolute Gasteiger partial charge is 0.496 e. The molecule has 1 unspecified atom stereocenters. The zero-order valence-corrected chi connectivity index (χ0v) is 19.7. The van der Waals surface area contributed by atoms with Crippen LogP contribution in [0.25, 0.3) is 0 Å². The fourth-order valence-corrected chi connectivity index (χ4v) is 5.62. The van der Waals surface area contributed by atoms with Crippen molar-refractivity contribution in [3.8, 4) is 5.75 Å². The van der Waals surface area contributed by atoms with E-state index < -0.39 is 15.9 Å². The van der Waals surface area contributed by atoms with Gasteiger partial charge in [-0.05, 0) is 61.6 Å². The summed E-state index contributed by atoms with van der Waals surface area (Å²) >= 11 is 6.28. The van der Waals surface area contributed by atoms with Gasteiger partial charge in [-0.2, -0.15) is 4.31 Å². The van der Waals surface area contributed by atoms with E-state index >= 15 is 0 Å². The summed E-state index contributed by atoms with van der Waals surface area (Å²) < 4.78 is 32.8. The average Bonchev–Trinajstić information content (AvgIpc) is 2.78. The first-order valence-corrected chi connectivity index (χ1v) is 12.3. The second-order valence-corrected chi connectivity index (χ2v) is 10.1. The molecular weight excluding hydrogens is 436 g/mol. The van der Waals surface area contributed by atoms with Crippen LogP contribution in [0.4, 0.5) is 0 Å². The van der Waals surface area contributed by atoms with Crippen LogP contribution >= 0.6 is 11.6 Å². The lowest BCUT2D eigenvalue weighted by Gasteiger charge is -2.26. The molecule has 1 N–H and O–H groups in total. The van der Waals surface area contributed by atoms with Gasteiger partial charge in [-0.15, -0.1) is 0 Å². The minimum Gasteiger partial charge on any atom is -0.496 e. The summed E-state index contributed by atoms with van der Waals surface area (Å²) in [5.41, 5.74) is 2.08. The number of ether oxygens (including phenoxy) is 1. The Balaban J connectivity index is 1.85. The van der Waals surface area contributed by atoms with Crippen LogP contribution in [-0.4, -0.2) is 38.8 Å². The van der Waals surface area contributed by atoms with Gasteiger partial charge in [-0.3, -0.25) is 4.79 Å². The van der Waals surface area contributed by atoms with E-state index in [0.29, 0.717) is 19.5 Å². The van der Waals surface area contributed by atoms with Gasteiger partial charge in [-0.1, -0.05) is 37.1 Å². The fourth-order valence-electron chi connectivity index (χ4n) is 3.87. The summed E-state index contributed by atoms with van der Waals surface area (Å²) in [4.78, 5) is 13.1. The predicted molar refractivity (Wildman–Crippen MR) is 122 cm³/mol. The SMILES string of the molecule is CCC(NC(=O)c1cc(S(=O)(=O)N2CCCCC2)ccc1Cl)c1ccc(OC)c(C)c1. The smallest absolute Gasteiger partial charge is 0.253 e. The number of amides is 1. The molecule has 1 aliphatic heterocycles. The van der Waals surface area contributed by atoms with Crippen molar-refractivity contribution >= 4 is 27.5 Å². The minimum absolute atomic E-state index is 0.0947. The van der Waals surface area contributed by atoms with Crippen molar-refractivity contribution in [2.45, 2.75) is 50.5 Å². The molecule has 8 heteroatoms. The number of nitrogens with zero attached hydrogens (tertiary/aromatic N) is 1. The highest BCUT2D eigenvalue weighted by Crippen LogP contribution is 2.27. The lowest BCUT2D eigenvalue weighted by atomic mass is 10.0. The third-order valence-electron chi connectivity index (χ3n) is 5.67.